The van der Waals surface area contributed by atoms with E-state index in [4.69, 9.17) is 16.3 Å². The van der Waals surface area contributed by atoms with Crippen molar-refractivity contribution in [3.05, 3.63) is 46.5 Å². The molecule has 0 saturated carbocycles. The summed E-state index contributed by atoms with van der Waals surface area (Å²) in [4.78, 5) is 0. The Hall–Kier alpha value is -1.59. The summed E-state index contributed by atoms with van der Waals surface area (Å²) in [6.07, 6.45) is 0.264. The standard InChI is InChI=1S/C14H16ClFN2O2/c1-8(2)18-13(11(15)7-17-18)14(19)10-5-4-9(20-3)6-12(10)16/h4-8,14,19H,1-3H3. The molecule has 6 heteroatoms. The summed E-state index contributed by atoms with van der Waals surface area (Å²) < 4.78 is 20.6. The van der Waals surface area contributed by atoms with Crippen LogP contribution in [0.2, 0.25) is 5.02 Å². The molecule has 0 radical (unpaired) electrons. The molecule has 0 amide bonds. The minimum absolute atomic E-state index is 0.00783. The number of hydrogen-bond acceptors (Lipinski definition) is 3. The largest absolute Gasteiger partial charge is 0.497 e. The van der Waals surface area contributed by atoms with Crippen molar-refractivity contribution in [1.29, 1.82) is 0 Å². The zero-order valence-electron chi connectivity index (χ0n) is 11.5. The Morgan fingerprint density at radius 3 is 2.65 bits per heavy atom. The van der Waals surface area contributed by atoms with E-state index in [0.29, 0.717) is 16.5 Å². The summed E-state index contributed by atoms with van der Waals surface area (Å²) in [6, 6.07) is 4.30. The summed E-state index contributed by atoms with van der Waals surface area (Å²) in [5.74, 6) is -0.161. The van der Waals surface area contributed by atoms with Crippen LogP contribution in [0.4, 0.5) is 4.39 Å². The van der Waals surface area contributed by atoms with Crippen molar-refractivity contribution < 1.29 is 14.2 Å². The number of nitrogens with zero attached hydrogens (tertiary/aromatic N) is 2. The lowest BCUT2D eigenvalue weighted by molar-refractivity contribution is 0.200. The van der Waals surface area contributed by atoms with E-state index in [-0.39, 0.29) is 11.6 Å². The van der Waals surface area contributed by atoms with E-state index >= 15 is 0 Å². The molecule has 108 valence electrons. The van der Waals surface area contributed by atoms with Crippen LogP contribution in [-0.2, 0) is 0 Å². The van der Waals surface area contributed by atoms with Gasteiger partial charge < -0.3 is 9.84 Å². The number of benzene rings is 1. The molecular weight excluding hydrogens is 283 g/mol. The molecule has 0 spiro atoms. The fraction of sp³-hybridized carbons (Fsp3) is 0.357. The minimum atomic E-state index is -1.18. The van der Waals surface area contributed by atoms with Crippen LogP contribution >= 0.6 is 11.6 Å². The van der Waals surface area contributed by atoms with Gasteiger partial charge in [-0.05, 0) is 26.0 Å². The van der Waals surface area contributed by atoms with E-state index < -0.39 is 11.9 Å². The smallest absolute Gasteiger partial charge is 0.133 e. The molecule has 1 unspecified atom stereocenters. The molecular formula is C14H16ClFN2O2. The van der Waals surface area contributed by atoms with Gasteiger partial charge in [-0.1, -0.05) is 11.6 Å². The SMILES string of the molecule is COc1ccc(C(O)c2c(Cl)cnn2C(C)C)c(F)c1. The zero-order chi connectivity index (χ0) is 14.9. The maximum Gasteiger partial charge on any atom is 0.133 e. The molecule has 0 aliphatic heterocycles. The van der Waals surface area contributed by atoms with Gasteiger partial charge in [0.2, 0.25) is 0 Å². The van der Waals surface area contributed by atoms with Crippen LogP contribution in [0.15, 0.2) is 24.4 Å². The summed E-state index contributed by atoms with van der Waals surface area (Å²) in [5, 5.41) is 14.8. The first-order valence-corrected chi connectivity index (χ1v) is 6.58. The lowest BCUT2D eigenvalue weighted by Crippen LogP contribution is -2.13. The van der Waals surface area contributed by atoms with Crippen molar-refractivity contribution in [3.8, 4) is 5.75 Å². The Labute approximate surface area is 121 Å². The Bertz CT molecular complexity index is 613. The van der Waals surface area contributed by atoms with Crippen molar-refractivity contribution in [2.75, 3.05) is 7.11 Å². The maximum atomic E-state index is 14.0. The predicted octanol–water partition coefficient (Wildman–Crippen LogP) is 3.35. The summed E-state index contributed by atoms with van der Waals surface area (Å²) >= 11 is 6.05. The van der Waals surface area contributed by atoms with Gasteiger partial charge in [-0.2, -0.15) is 5.10 Å². The van der Waals surface area contributed by atoms with E-state index in [0.717, 1.165) is 0 Å². The average molecular weight is 299 g/mol. The van der Waals surface area contributed by atoms with Crippen molar-refractivity contribution >= 4 is 11.6 Å². The molecule has 1 aromatic carbocycles. The number of halogens is 2. The molecule has 4 nitrogen and oxygen atoms in total. The van der Waals surface area contributed by atoms with Gasteiger partial charge >= 0.3 is 0 Å². The van der Waals surface area contributed by atoms with Crippen LogP contribution in [0.5, 0.6) is 5.75 Å². The Morgan fingerprint density at radius 1 is 1.40 bits per heavy atom. The van der Waals surface area contributed by atoms with Crippen LogP contribution in [-0.4, -0.2) is 22.0 Å². The second-order valence-electron chi connectivity index (χ2n) is 4.71. The third-order valence-corrected chi connectivity index (χ3v) is 3.33. The Morgan fingerprint density at radius 2 is 2.10 bits per heavy atom. The predicted molar refractivity (Wildman–Crippen MR) is 74.6 cm³/mol. The third kappa shape index (κ3) is 2.64. The second-order valence-corrected chi connectivity index (χ2v) is 5.11. The van der Waals surface area contributed by atoms with Gasteiger partial charge in [-0.3, -0.25) is 4.68 Å². The minimum Gasteiger partial charge on any atom is -0.497 e. The highest BCUT2D eigenvalue weighted by Gasteiger charge is 2.23. The number of aliphatic hydroxyl groups is 1. The number of rotatable bonds is 4. The van der Waals surface area contributed by atoms with Gasteiger partial charge in [-0.25, -0.2) is 4.39 Å². The van der Waals surface area contributed by atoms with Crippen LogP contribution in [0.3, 0.4) is 0 Å². The topological polar surface area (TPSA) is 47.3 Å². The highest BCUT2D eigenvalue weighted by atomic mass is 35.5. The number of ether oxygens (including phenoxy) is 1. The molecule has 0 aliphatic rings. The molecule has 20 heavy (non-hydrogen) atoms. The normalized spacial score (nSPS) is 12.8. The van der Waals surface area contributed by atoms with Crippen LogP contribution < -0.4 is 4.74 Å². The first kappa shape index (κ1) is 14.8. The fourth-order valence-electron chi connectivity index (χ4n) is 2.02. The summed E-state index contributed by atoms with van der Waals surface area (Å²) in [5.41, 5.74) is 0.515. The van der Waals surface area contributed by atoms with Crippen LogP contribution in [0, 0.1) is 5.82 Å². The molecule has 2 aromatic rings. The molecule has 1 N–H and O–H groups in total. The first-order chi connectivity index (χ1) is 9.45. The number of aromatic nitrogens is 2. The summed E-state index contributed by atoms with van der Waals surface area (Å²) in [6.45, 7) is 3.81. The second kappa shape index (κ2) is 5.81. The van der Waals surface area contributed by atoms with Gasteiger partial charge in [0.25, 0.3) is 0 Å². The van der Waals surface area contributed by atoms with E-state index in [9.17, 15) is 9.50 Å². The molecule has 1 aromatic heterocycles. The van der Waals surface area contributed by atoms with E-state index in [1.54, 1.807) is 10.7 Å². The monoisotopic (exact) mass is 298 g/mol. The van der Waals surface area contributed by atoms with E-state index in [1.807, 2.05) is 13.8 Å². The number of methoxy groups -OCH3 is 1. The van der Waals surface area contributed by atoms with E-state index in [2.05, 4.69) is 5.10 Å². The van der Waals surface area contributed by atoms with Crippen molar-refractivity contribution in [1.82, 2.24) is 9.78 Å². The van der Waals surface area contributed by atoms with Gasteiger partial charge in [-0.15, -0.1) is 0 Å². The van der Waals surface area contributed by atoms with Gasteiger partial charge in [0.05, 0.1) is 24.0 Å². The van der Waals surface area contributed by atoms with Crippen molar-refractivity contribution in [2.24, 2.45) is 0 Å². The maximum absolute atomic E-state index is 14.0. The van der Waals surface area contributed by atoms with Crippen molar-refractivity contribution in [3.63, 3.8) is 0 Å². The van der Waals surface area contributed by atoms with Crippen LogP contribution in [0.1, 0.15) is 37.3 Å². The van der Waals surface area contributed by atoms with E-state index in [1.165, 1.54) is 25.4 Å². The molecule has 1 atom stereocenters. The highest BCUT2D eigenvalue weighted by Crippen LogP contribution is 2.32. The molecule has 0 bridgehead atoms. The molecule has 0 aliphatic carbocycles. The molecule has 2 rings (SSSR count). The van der Waals surface area contributed by atoms with Gasteiger partial charge in [0, 0.05) is 17.7 Å². The molecule has 0 fully saturated rings. The fourth-order valence-corrected chi connectivity index (χ4v) is 2.26. The molecule has 0 saturated heterocycles. The van der Waals surface area contributed by atoms with Crippen molar-refractivity contribution in [2.45, 2.75) is 26.0 Å². The quantitative estimate of drug-likeness (QED) is 0.941. The lowest BCUT2D eigenvalue weighted by atomic mass is 10.1. The lowest BCUT2D eigenvalue weighted by Gasteiger charge is -2.17. The van der Waals surface area contributed by atoms with Crippen LogP contribution in [0.25, 0.3) is 0 Å². The number of aliphatic hydroxyl groups excluding tert-OH is 1. The third-order valence-electron chi connectivity index (χ3n) is 3.04. The zero-order valence-corrected chi connectivity index (χ0v) is 12.2. The Balaban J connectivity index is 2.46. The van der Waals surface area contributed by atoms with Gasteiger partial charge in [0.1, 0.15) is 17.7 Å². The van der Waals surface area contributed by atoms with Gasteiger partial charge in [0.15, 0.2) is 0 Å². The molecule has 1 heterocycles. The average Bonchev–Trinajstić information content (AvgIpc) is 2.79. The Kier molecular flexibility index (Phi) is 4.30. The summed E-state index contributed by atoms with van der Waals surface area (Å²) in [7, 11) is 1.45. The number of hydrogen-bond donors (Lipinski definition) is 1. The highest BCUT2D eigenvalue weighted by molar-refractivity contribution is 6.31. The first-order valence-electron chi connectivity index (χ1n) is 6.20.